The number of hydrogen-bond donors (Lipinski definition) is 0. The van der Waals surface area contributed by atoms with Crippen LogP contribution in [0.2, 0.25) is 0 Å². The standard InChI is InChI=1S/C18H22O2/c1-14(2)16-9-11-17(12-10-16)20-18(19-3)13-15-7-5-4-6-8-15/h4-12,14,18H,13H2,1-3H3. The maximum atomic E-state index is 5.88. The Morgan fingerprint density at radius 3 is 2.10 bits per heavy atom. The minimum Gasteiger partial charge on any atom is -0.465 e. The van der Waals surface area contributed by atoms with E-state index in [1.165, 1.54) is 11.1 Å². The van der Waals surface area contributed by atoms with Crippen LogP contribution in [-0.2, 0) is 11.2 Å². The first-order valence-corrected chi connectivity index (χ1v) is 7.02. The molecular weight excluding hydrogens is 248 g/mol. The summed E-state index contributed by atoms with van der Waals surface area (Å²) in [5.74, 6) is 1.38. The van der Waals surface area contributed by atoms with Crippen LogP contribution in [0.3, 0.4) is 0 Å². The summed E-state index contributed by atoms with van der Waals surface area (Å²) < 4.78 is 11.3. The smallest absolute Gasteiger partial charge is 0.203 e. The maximum absolute atomic E-state index is 5.88. The molecule has 2 heteroatoms. The molecule has 0 bridgehead atoms. The summed E-state index contributed by atoms with van der Waals surface area (Å²) >= 11 is 0. The molecule has 2 aromatic carbocycles. The summed E-state index contributed by atoms with van der Waals surface area (Å²) in [5.41, 5.74) is 2.52. The third kappa shape index (κ3) is 4.10. The Hall–Kier alpha value is -1.80. The molecule has 0 amide bonds. The van der Waals surface area contributed by atoms with Crippen LogP contribution in [0.15, 0.2) is 54.6 Å². The molecule has 0 spiro atoms. The van der Waals surface area contributed by atoms with E-state index in [4.69, 9.17) is 9.47 Å². The van der Waals surface area contributed by atoms with Gasteiger partial charge in [0.15, 0.2) is 0 Å². The van der Waals surface area contributed by atoms with Crippen molar-refractivity contribution in [1.82, 2.24) is 0 Å². The average molecular weight is 270 g/mol. The Labute approximate surface area is 121 Å². The highest BCUT2D eigenvalue weighted by molar-refractivity contribution is 5.29. The molecule has 0 aliphatic rings. The molecule has 106 valence electrons. The second kappa shape index (κ2) is 7.11. The average Bonchev–Trinajstić information content (AvgIpc) is 2.48. The molecule has 1 atom stereocenters. The molecule has 0 aromatic heterocycles. The first-order chi connectivity index (χ1) is 9.69. The fourth-order valence-corrected chi connectivity index (χ4v) is 2.06. The number of hydrogen-bond acceptors (Lipinski definition) is 2. The SMILES string of the molecule is COC(Cc1ccccc1)Oc1ccc(C(C)C)cc1. The highest BCUT2D eigenvalue weighted by atomic mass is 16.7. The fourth-order valence-electron chi connectivity index (χ4n) is 2.06. The molecule has 0 fully saturated rings. The molecule has 1 unspecified atom stereocenters. The third-order valence-corrected chi connectivity index (χ3v) is 3.32. The van der Waals surface area contributed by atoms with Crippen molar-refractivity contribution in [2.24, 2.45) is 0 Å². The lowest BCUT2D eigenvalue weighted by Gasteiger charge is -2.18. The summed E-state index contributed by atoms with van der Waals surface area (Å²) in [6, 6.07) is 18.5. The van der Waals surface area contributed by atoms with Gasteiger partial charge in [0, 0.05) is 13.5 Å². The van der Waals surface area contributed by atoms with Crippen molar-refractivity contribution in [3.8, 4) is 5.75 Å². The van der Waals surface area contributed by atoms with Crippen molar-refractivity contribution in [3.05, 3.63) is 65.7 Å². The zero-order valence-corrected chi connectivity index (χ0v) is 12.4. The molecule has 2 nitrogen and oxygen atoms in total. The highest BCUT2D eigenvalue weighted by Crippen LogP contribution is 2.20. The van der Waals surface area contributed by atoms with Crippen LogP contribution in [0.25, 0.3) is 0 Å². The zero-order valence-electron chi connectivity index (χ0n) is 12.4. The van der Waals surface area contributed by atoms with E-state index in [1.807, 2.05) is 30.3 Å². The van der Waals surface area contributed by atoms with Crippen LogP contribution in [0.5, 0.6) is 5.75 Å². The third-order valence-electron chi connectivity index (χ3n) is 3.32. The van der Waals surface area contributed by atoms with E-state index in [0.717, 1.165) is 12.2 Å². The van der Waals surface area contributed by atoms with Gasteiger partial charge in [-0.25, -0.2) is 0 Å². The monoisotopic (exact) mass is 270 g/mol. The van der Waals surface area contributed by atoms with Gasteiger partial charge in [-0.2, -0.15) is 0 Å². The molecule has 0 saturated heterocycles. The minimum atomic E-state index is -0.262. The van der Waals surface area contributed by atoms with Crippen molar-refractivity contribution >= 4 is 0 Å². The minimum absolute atomic E-state index is 0.262. The van der Waals surface area contributed by atoms with Crippen LogP contribution in [0, 0.1) is 0 Å². The van der Waals surface area contributed by atoms with Crippen LogP contribution < -0.4 is 4.74 Å². The summed E-state index contributed by atoms with van der Waals surface area (Å²) in [6.45, 7) is 4.37. The number of ether oxygens (including phenoxy) is 2. The molecule has 2 rings (SSSR count). The number of rotatable bonds is 6. The summed E-state index contributed by atoms with van der Waals surface area (Å²) in [6.07, 6.45) is 0.478. The van der Waals surface area contributed by atoms with Gasteiger partial charge in [-0.1, -0.05) is 56.3 Å². The molecule has 0 N–H and O–H groups in total. The van der Waals surface area contributed by atoms with Gasteiger partial charge in [-0.05, 0) is 29.2 Å². The Kier molecular flexibility index (Phi) is 5.19. The molecule has 0 radical (unpaired) electrons. The fraction of sp³-hybridized carbons (Fsp3) is 0.333. The summed E-state index contributed by atoms with van der Waals surface area (Å²) in [5, 5.41) is 0. The second-order valence-corrected chi connectivity index (χ2v) is 5.20. The Morgan fingerprint density at radius 2 is 1.55 bits per heavy atom. The van der Waals surface area contributed by atoms with E-state index in [-0.39, 0.29) is 6.29 Å². The summed E-state index contributed by atoms with van der Waals surface area (Å²) in [4.78, 5) is 0. The van der Waals surface area contributed by atoms with E-state index in [2.05, 4.69) is 38.1 Å². The molecule has 0 saturated carbocycles. The first kappa shape index (κ1) is 14.6. The van der Waals surface area contributed by atoms with E-state index in [0.29, 0.717) is 5.92 Å². The molecule has 0 aliphatic carbocycles. The van der Waals surface area contributed by atoms with Gasteiger partial charge in [0.05, 0.1) is 0 Å². The van der Waals surface area contributed by atoms with E-state index in [1.54, 1.807) is 7.11 Å². The van der Waals surface area contributed by atoms with Gasteiger partial charge in [-0.15, -0.1) is 0 Å². The first-order valence-electron chi connectivity index (χ1n) is 7.02. The topological polar surface area (TPSA) is 18.5 Å². The lowest BCUT2D eigenvalue weighted by atomic mass is 10.0. The van der Waals surface area contributed by atoms with Crippen molar-refractivity contribution in [1.29, 1.82) is 0 Å². The van der Waals surface area contributed by atoms with E-state index in [9.17, 15) is 0 Å². The summed E-state index contributed by atoms with van der Waals surface area (Å²) in [7, 11) is 1.68. The lowest BCUT2D eigenvalue weighted by Crippen LogP contribution is -2.21. The van der Waals surface area contributed by atoms with Gasteiger partial charge in [0.2, 0.25) is 6.29 Å². The molecule has 0 aliphatic heterocycles. The second-order valence-electron chi connectivity index (χ2n) is 5.20. The quantitative estimate of drug-likeness (QED) is 0.724. The largest absolute Gasteiger partial charge is 0.465 e. The number of methoxy groups -OCH3 is 1. The van der Waals surface area contributed by atoms with Crippen LogP contribution >= 0.6 is 0 Å². The Bertz CT molecular complexity index is 503. The van der Waals surface area contributed by atoms with Crippen molar-refractivity contribution in [2.45, 2.75) is 32.5 Å². The van der Waals surface area contributed by atoms with Gasteiger partial charge < -0.3 is 9.47 Å². The van der Waals surface area contributed by atoms with Gasteiger partial charge in [0.25, 0.3) is 0 Å². The van der Waals surface area contributed by atoms with Crippen molar-refractivity contribution in [2.75, 3.05) is 7.11 Å². The predicted octanol–water partition coefficient (Wildman–Crippen LogP) is 4.40. The lowest BCUT2D eigenvalue weighted by molar-refractivity contribution is -0.0519. The molecule has 20 heavy (non-hydrogen) atoms. The molecular formula is C18H22O2. The van der Waals surface area contributed by atoms with Crippen molar-refractivity contribution < 1.29 is 9.47 Å². The van der Waals surface area contributed by atoms with Crippen LogP contribution in [-0.4, -0.2) is 13.4 Å². The van der Waals surface area contributed by atoms with Gasteiger partial charge in [0.1, 0.15) is 5.75 Å². The van der Waals surface area contributed by atoms with E-state index < -0.39 is 0 Å². The van der Waals surface area contributed by atoms with Gasteiger partial charge >= 0.3 is 0 Å². The van der Waals surface area contributed by atoms with Crippen LogP contribution in [0.1, 0.15) is 30.9 Å². The highest BCUT2D eigenvalue weighted by Gasteiger charge is 2.10. The number of benzene rings is 2. The maximum Gasteiger partial charge on any atom is 0.203 e. The predicted molar refractivity (Wildman–Crippen MR) is 82.1 cm³/mol. The molecule has 0 heterocycles. The van der Waals surface area contributed by atoms with E-state index >= 15 is 0 Å². The normalized spacial score (nSPS) is 12.4. The Morgan fingerprint density at radius 1 is 0.900 bits per heavy atom. The van der Waals surface area contributed by atoms with Gasteiger partial charge in [-0.3, -0.25) is 0 Å². The van der Waals surface area contributed by atoms with Crippen LogP contribution in [0.4, 0.5) is 0 Å². The molecule has 2 aromatic rings. The Balaban J connectivity index is 1.99. The zero-order chi connectivity index (χ0) is 14.4. The van der Waals surface area contributed by atoms with Crippen molar-refractivity contribution in [3.63, 3.8) is 0 Å².